The topological polar surface area (TPSA) is 71.9 Å². The van der Waals surface area contributed by atoms with Gasteiger partial charge in [0.1, 0.15) is 0 Å². The van der Waals surface area contributed by atoms with Crippen LogP contribution in [0.4, 0.5) is 0 Å². The van der Waals surface area contributed by atoms with Crippen LogP contribution in [0.3, 0.4) is 0 Å². The largest absolute Gasteiger partial charge is 0.480 e. The second-order valence-corrected chi connectivity index (χ2v) is 6.36. The molecule has 1 saturated carbocycles. The molecule has 0 radical (unpaired) electrons. The normalized spacial score (nSPS) is 14.1. The molecule has 4 rings (SSSR count). The molecule has 2 N–H and O–H groups in total. The van der Waals surface area contributed by atoms with Gasteiger partial charge in [-0.25, -0.2) is 0 Å². The molecule has 1 aliphatic carbocycles. The number of rotatable bonds is 4. The molecule has 124 valence electrons. The lowest BCUT2D eigenvalue weighted by Crippen LogP contribution is -2.18. The van der Waals surface area contributed by atoms with E-state index in [-0.39, 0.29) is 5.91 Å². The molecule has 2 heterocycles. The second kappa shape index (κ2) is 5.56. The number of fused-ring (bicyclic) bond motifs is 1. The molecule has 0 spiro atoms. The third-order valence-corrected chi connectivity index (χ3v) is 4.47. The fourth-order valence-corrected chi connectivity index (χ4v) is 3.16. The highest BCUT2D eigenvalue weighted by atomic mass is 35.5. The minimum atomic E-state index is -0.177. The maximum Gasteiger partial charge on any atom is 0.253 e. The number of carbonyl (C=O) groups is 1. The van der Waals surface area contributed by atoms with Gasteiger partial charge in [0.05, 0.1) is 35.6 Å². The second-order valence-electron chi connectivity index (χ2n) is 5.93. The molecule has 0 bridgehead atoms. The monoisotopic (exact) mass is 344 g/mol. The summed E-state index contributed by atoms with van der Waals surface area (Å²) in [4.78, 5) is 15.5. The van der Waals surface area contributed by atoms with E-state index in [1.165, 1.54) is 0 Å². The Bertz CT molecular complexity index is 940. The van der Waals surface area contributed by atoms with Crippen LogP contribution >= 0.6 is 11.6 Å². The van der Waals surface area contributed by atoms with E-state index in [1.54, 1.807) is 20.2 Å². The number of hydrogen-bond acceptors (Lipinski definition) is 3. The summed E-state index contributed by atoms with van der Waals surface area (Å²) in [5.41, 5.74) is 3.12. The number of aromatic amines is 1. The third-order valence-electron chi connectivity index (χ3n) is 4.26. The molecule has 3 aromatic rings. The zero-order valence-corrected chi connectivity index (χ0v) is 14.1. The van der Waals surface area contributed by atoms with Gasteiger partial charge in [-0.3, -0.25) is 9.48 Å². The lowest BCUT2D eigenvalue weighted by Gasteiger charge is -2.04. The number of benzene rings is 1. The van der Waals surface area contributed by atoms with Crippen LogP contribution in [-0.4, -0.2) is 34.8 Å². The highest BCUT2D eigenvalue weighted by Crippen LogP contribution is 2.40. The Hall–Kier alpha value is -2.47. The van der Waals surface area contributed by atoms with Crippen molar-refractivity contribution in [1.29, 1.82) is 0 Å². The summed E-state index contributed by atoms with van der Waals surface area (Å²) in [6.45, 7) is 0. The lowest BCUT2D eigenvalue weighted by molar-refractivity contribution is 0.0964. The van der Waals surface area contributed by atoms with Gasteiger partial charge in [-0.1, -0.05) is 11.6 Å². The van der Waals surface area contributed by atoms with Crippen LogP contribution < -0.4 is 10.1 Å². The molecule has 1 fully saturated rings. The predicted octanol–water partition coefficient (Wildman–Crippen LogP) is 3.39. The smallest absolute Gasteiger partial charge is 0.253 e. The van der Waals surface area contributed by atoms with E-state index < -0.39 is 0 Å². The summed E-state index contributed by atoms with van der Waals surface area (Å²) in [7, 11) is 3.21. The van der Waals surface area contributed by atoms with Crippen LogP contribution in [0, 0.1) is 0 Å². The van der Waals surface area contributed by atoms with E-state index in [0.717, 1.165) is 35.1 Å². The molecule has 24 heavy (non-hydrogen) atoms. The standard InChI is InChI=1S/C17H17ClN4O2/c1-19-17(23)12-7-10(18)5-9-6-13(20-16(9)12)14-8-15(24-2)21-22(14)11-3-4-11/h5-8,11,20H,3-4H2,1-2H3,(H,19,23). The summed E-state index contributed by atoms with van der Waals surface area (Å²) >= 11 is 6.17. The Morgan fingerprint density at radius 3 is 2.83 bits per heavy atom. The van der Waals surface area contributed by atoms with Crippen LogP contribution in [0.15, 0.2) is 24.3 Å². The molecule has 6 nitrogen and oxygen atoms in total. The maximum absolute atomic E-state index is 12.1. The van der Waals surface area contributed by atoms with Crippen molar-refractivity contribution in [1.82, 2.24) is 20.1 Å². The Labute approximate surface area is 143 Å². The number of hydrogen-bond donors (Lipinski definition) is 2. The highest BCUT2D eigenvalue weighted by molar-refractivity contribution is 6.32. The van der Waals surface area contributed by atoms with E-state index in [4.69, 9.17) is 16.3 Å². The Kier molecular flexibility index (Phi) is 3.49. The number of methoxy groups -OCH3 is 1. The van der Waals surface area contributed by atoms with Gasteiger partial charge in [0.25, 0.3) is 5.91 Å². The van der Waals surface area contributed by atoms with Gasteiger partial charge < -0.3 is 15.0 Å². The molecule has 0 atom stereocenters. The number of ether oxygens (including phenoxy) is 1. The lowest BCUT2D eigenvalue weighted by atomic mass is 10.1. The first-order valence-corrected chi connectivity index (χ1v) is 8.16. The van der Waals surface area contributed by atoms with Crippen LogP contribution in [-0.2, 0) is 0 Å². The number of nitrogens with zero attached hydrogens (tertiary/aromatic N) is 2. The minimum Gasteiger partial charge on any atom is -0.480 e. The molecule has 2 aromatic heterocycles. The highest BCUT2D eigenvalue weighted by Gasteiger charge is 2.28. The van der Waals surface area contributed by atoms with Crippen molar-refractivity contribution in [2.75, 3.05) is 14.2 Å². The van der Waals surface area contributed by atoms with E-state index in [0.29, 0.717) is 22.5 Å². The first-order valence-electron chi connectivity index (χ1n) is 7.79. The van der Waals surface area contributed by atoms with Gasteiger partial charge in [0.2, 0.25) is 5.88 Å². The Morgan fingerprint density at radius 2 is 2.17 bits per heavy atom. The number of halogens is 1. The molecule has 1 aliphatic rings. The summed E-state index contributed by atoms with van der Waals surface area (Å²) in [5, 5.41) is 8.56. The van der Waals surface area contributed by atoms with E-state index in [2.05, 4.69) is 15.4 Å². The van der Waals surface area contributed by atoms with Crippen molar-refractivity contribution in [2.24, 2.45) is 0 Å². The molecular formula is C17H17ClN4O2. The van der Waals surface area contributed by atoms with Crippen molar-refractivity contribution in [2.45, 2.75) is 18.9 Å². The van der Waals surface area contributed by atoms with Crippen molar-refractivity contribution in [3.63, 3.8) is 0 Å². The SMILES string of the molecule is CNC(=O)c1cc(Cl)cc2cc(-c3cc(OC)nn3C3CC3)[nH]c12. The Balaban J connectivity index is 1.89. The summed E-state index contributed by atoms with van der Waals surface area (Å²) in [5.74, 6) is 0.407. The van der Waals surface area contributed by atoms with Crippen molar-refractivity contribution in [3.8, 4) is 17.3 Å². The molecule has 0 saturated heterocycles. The molecule has 1 amide bonds. The van der Waals surface area contributed by atoms with Gasteiger partial charge in [-0.15, -0.1) is 5.10 Å². The quantitative estimate of drug-likeness (QED) is 0.762. The number of carbonyl (C=O) groups excluding carboxylic acids is 1. The zero-order valence-electron chi connectivity index (χ0n) is 13.4. The van der Waals surface area contributed by atoms with E-state index in [9.17, 15) is 4.79 Å². The van der Waals surface area contributed by atoms with Crippen LogP contribution in [0.1, 0.15) is 29.2 Å². The maximum atomic E-state index is 12.1. The third kappa shape index (κ3) is 2.43. The number of aromatic nitrogens is 3. The van der Waals surface area contributed by atoms with E-state index >= 15 is 0 Å². The zero-order chi connectivity index (χ0) is 16.8. The van der Waals surface area contributed by atoms with Gasteiger partial charge in [0, 0.05) is 23.5 Å². The van der Waals surface area contributed by atoms with Gasteiger partial charge in [0.15, 0.2) is 0 Å². The average Bonchev–Trinajstić information content (AvgIpc) is 3.19. The summed E-state index contributed by atoms with van der Waals surface area (Å²) < 4.78 is 7.27. The van der Waals surface area contributed by atoms with Gasteiger partial charge >= 0.3 is 0 Å². The Morgan fingerprint density at radius 1 is 1.38 bits per heavy atom. The minimum absolute atomic E-state index is 0.177. The number of nitrogens with one attached hydrogen (secondary N) is 2. The van der Waals surface area contributed by atoms with Crippen LogP contribution in [0.5, 0.6) is 5.88 Å². The average molecular weight is 345 g/mol. The number of H-pyrrole nitrogens is 1. The van der Waals surface area contributed by atoms with E-state index in [1.807, 2.05) is 22.9 Å². The van der Waals surface area contributed by atoms with Crippen molar-refractivity contribution in [3.05, 3.63) is 34.9 Å². The molecule has 0 aliphatic heterocycles. The summed E-state index contributed by atoms with van der Waals surface area (Å²) in [6.07, 6.45) is 2.24. The van der Waals surface area contributed by atoms with Crippen LogP contribution in [0.25, 0.3) is 22.3 Å². The van der Waals surface area contributed by atoms with Gasteiger partial charge in [-0.05, 0) is 31.0 Å². The fraction of sp³-hybridized carbons (Fsp3) is 0.294. The van der Waals surface area contributed by atoms with Gasteiger partial charge in [-0.2, -0.15) is 0 Å². The number of amides is 1. The summed E-state index contributed by atoms with van der Waals surface area (Å²) in [6, 6.07) is 7.82. The van der Waals surface area contributed by atoms with Crippen molar-refractivity contribution < 1.29 is 9.53 Å². The van der Waals surface area contributed by atoms with Crippen molar-refractivity contribution >= 4 is 28.4 Å². The molecular weight excluding hydrogens is 328 g/mol. The molecule has 7 heteroatoms. The predicted molar refractivity (Wildman–Crippen MR) is 92.7 cm³/mol. The first-order chi connectivity index (χ1) is 11.6. The molecule has 0 unspecified atom stereocenters. The van der Waals surface area contributed by atoms with Crippen LogP contribution in [0.2, 0.25) is 5.02 Å². The first kappa shape index (κ1) is 15.1. The fourth-order valence-electron chi connectivity index (χ4n) is 2.93. The molecule has 1 aromatic carbocycles.